The van der Waals surface area contributed by atoms with Gasteiger partial charge in [-0.1, -0.05) is 59.3 Å². The second-order valence-corrected chi connectivity index (χ2v) is 9.50. The van der Waals surface area contributed by atoms with Crippen LogP contribution in [0.15, 0.2) is 0 Å². The number of fused-ring (bicyclic) bond motifs is 1. The van der Waals surface area contributed by atoms with Gasteiger partial charge in [0.25, 0.3) is 0 Å². The van der Waals surface area contributed by atoms with Crippen LogP contribution in [0.4, 0.5) is 0 Å². The van der Waals surface area contributed by atoms with Crippen LogP contribution in [0.2, 0.25) is 0 Å². The number of rotatable bonds is 13. The number of hydrogen-bond acceptors (Lipinski definition) is 2. The molecular formula is C25H49NO. The summed E-state index contributed by atoms with van der Waals surface area (Å²) in [6.45, 7) is 12.6. The normalized spacial score (nSPS) is 25.3. The average molecular weight is 380 g/mol. The molecule has 2 heteroatoms. The number of piperidine rings is 1. The minimum atomic E-state index is 0.525. The number of likely N-dealkylation sites (tertiary alicyclic amines) is 1. The Kier molecular flexibility index (Phi) is 10.7. The van der Waals surface area contributed by atoms with E-state index in [1.54, 1.807) is 0 Å². The van der Waals surface area contributed by atoms with Crippen molar-refractivity contribution >= 4 is 0 Å². The lowest BCUT2D eigenvalue weighted by Crippen LogP contribution is -2.52. The van der Waals surface area contributed by atoms with Gasteiger partial charge in [-0.05, 0) is 76.2 Å². The van der Waals surface area contributed by atoms with Gasteiger partial charge in [0.1, 0.15) is 0 Å². The summed E-state index contributed by atoms with van der Waals surface area (Å²) in [6.07, 6.45) is 19.7. The maximum absolute atomic E-state index is 5.66. The molecule has 0 spiro atoms. The summed E-state index contributed by atoms with van der Waals surface area (Å²) in [5.41, 5.74) is 0.525. The quantitative estimate of drug-likeness (QED) is 0.313. The molecule has 27 heavy (non-hydrogen) atoms. The fourth-order valence-electron chi connectivity index (χ4n) is 6.13. The highest BCUT2D eigenvalue weighted by Crippen LogP contribution is 2.43. The fourth-order valence-corrected chi connectivity index (χ4v) is 6.13. The van der Waals surface area contributed by atoms with Crippen molar-refractivity contribution < 1.29 is 4.74 Å². The van der Waals surface area contributed by atoms with Crippen LogP contribution >= 0.6 is 0 Å². The van der Waals surface area contributed by atoms with Gasteiger partial charge < -0.3 is 4.74 Å². The molecule has 2 aliphatic rings. The highest BCUT2D eigenvalue weighted by Gasteiger charge is 2.39. The molecule has 1 saturated carbocycles. The van der Waals surface area contributed by atoms with E-state index in [0.29, 0.717) is 5.41 Å². The molecule has 160 valence electrons. The number of nitrogens with zero attached hydrogens (tertiary/aromatic N) is 1. The van der Waals surface area contributed by atoms with Gasteiger partial charge in [0.05, 0.1) is 0 Å². The maximum atomic E-state index is 5.66. The van der Waals surface area contributed by atoms with E-state index in [0.717, 1.165) is 31.2 Å². The summed E-state index contributed by atoms with van der Waals surface area (Å²) in [6, 6.07) is 1.73. The first-order valence-corrected chi connectivity index (χ1v) is 12.5. The van der Waals surface area contributed by atoms with Crippen molar-refractivity contribution in [3.8, 4) is 0 Å². The summed E-state index contributed by atoms with van der Waals surface area (Å²) in [5.74, 6) is 1.01. The zero-order chi connectivity index (χ0) is 19.5. The summed E-state index contributed by atoms with van der Waals surface area (Å²) in [4.78, 5) is 3.03. The summed E-state index contributed by atoms with van der Waals surface area (Å²) in [5, 5.41) is 0. The summed E-state index contributed by atoms with van der Waals surface area (Å²) < 4.78 is 5.66. The molecule has 1 aliphatic heterocycles. The first-order valence-electron chi connectivity index (χ1n) is 12.5. The van der Waals surface area contributed by atoms with Gasteiger partial charge in [-0.25, -0.2) is 0 Å². The lowest BCUT2D eigenvalue weighted by Gasteiger charge is -2.50. The fraction of sp³-hybridized carbons (Fsp3) is 1.00. The molecule has 2 fully saturated rings. The first kappa shape index (κ1) is 23.2. The smallest absolute Gasteiger partial charge is 0.0466 e. The molecule has 1 heterocycles. The molecule has 2 rings (SSSR count). The maximum Gasteiger partial charge on any atom is 0.0466 e. The molecule has 0 aromatic carbocycles. The highest BCUT2D eigenvalue weighted by molar-refractivity contribution is 4.93. The zero-order valence-electron chi connectivity index (χ0n) is 19.1. The average Bonchev–Trinajstić information content (AvgIpc) is 2.72. The minimum absolute atomic E-state index is 0.525. The standard InChI is InChI=1S/C25H49NO/c1-5-9-16-23(21-25(6-2,7-3)18-13-20-27-8-4)26-19-12-15-22-14-10-11-17-24(22)26/h22-24H,5-21H2,1-4H3. The molecule has 0 bridgehead atoms. The molecule has 3 atom stereocenters. The van der Waals surface area contributed by atoms with Gasteiger partial charge >= 0.3 is 0 Å². The van der Waals surface area contributed by atoms with Gasteiger partial charge in [-0.15, -0.1) is 0 Å². The Morgan fingerprint density at radius 2 is 1.70 bits per heavy atom. The van der Waals surface area contributed by atoms with E-state index in [1.807, 2.05) is 0 Å². The monoisotopic (exact) mass is 379 g/mol. The van der Waals surface area contributed by atoms with E-state index in [-0.39, 0.29) is 0 Å². The molecule has 0 aromatic heterocycles. The Bertz CT molecular complexity index is 377. The number of unbranched alkanes of at least 4 members (excludes halogenated alkanes) is 1. The van der Waals surface area contributed by atoms with Crippen molar-refractivity contribution in [3.05, 3.63) is 0 Å². The third-order valence-corrected chi connectivity index (χ3v) is 8.01. The molecule has 3 unspecified atom stereocenters. The summed E-state index contributed by atoms with van der Waals surface area (Å²) in [7, 11) is 0. The molecule has 0 N–H and O–H groups in total. The van der Waals surface area contributed by atoms with Gasteiger partial charge in [0, 0.05) is 25.3 Å². The van der Waals surface area contributed by atoms with E-state index in [2.05, 4.69) is 32.6 Å². The molecule has 1 aliphatic carbocycles. The Balaban J connectivity index is 2.07. The Morgan fingerprint density at radius 3 is 2.41 bits per heavy atom. The van der Waals surface area contributed by atoms with Crippen molar-refractivity contribution in [3.63, 3.8) is 0 Å². The van der Waals surface area contributed by atoms with E-state index in [1.165, 1.54) is 96.4 Å². The lowest BCUT2D eigenvalue weighted by molar-refractivity contribution is -0.00193. The minimum Gasteiger partial charge on any atom is -0.382 e. The third-order valence-electron chi connectivity index (χ3n) is 8.01. The van der Waals surface area contributed by atoms with Crippen LogP contribution in [0.25, 0.3) is 0 Å². The van der Waals surface area contributed by atoms with Crippen molar-refractivity contribution in [1.82, 2.24) is 4.90 Å². The van der Waals surface area contributed by atoms with Crippen molar-refractivity contribution in [2.45, 2.75) is 130 Å². The predicted molar refractivity (Wildman–Crippen MR) is 118 cm³/mol. The van der Waals surface area contributed by atoms with Crippen molar-refractivity contribution in [1.29, 1.82) is 0 Å². The number of ether oxygens (including phenoxy) is 1. The van der Waals surface area contributed by atoms with Crippen molar-refractivity contribution in [2.24, 2.45) is 11.3 Å². The van der Waals surface area contributed by atoms with E-state index >= 15 is 0 Å². The molecule has 2 nitrogen and oxygen atoms in total. The predicted octanol–water partition coefficient (Wildman–Crippen LogP) is 7.21. The van der Waals surface area contributed by atoms with Crippen LogP contribution < -0.4 is 0 Å². The highest BCUT2D eigenvalue weighted by atomic mass is 16.5. The Labute approximate surface area is 170 Å². The molecule has 0 radical (unpaired) electrons. The van der Waals surface area contributed by atoms with Crippen LogP contribution in [0.1, 0.15) is 118 Å². The molecule has 0 aromatic rings. The van der Waals surface area contributed by atoms with E-state index in [4.69, 9.17) is 4.74 Å². The first-order chi connectivity index (χ1) is 13.2. The zero-order valence-corrected chi connectivity index (χ0v) is 19.1. The lowest BCUT2D eigenvalue weighted by atomic mass is 9.71. The number of hydrogen-bond donors (Lipinski definition) is 0. The van der Waals surface area contributed by atoms with Gasteiger partial charge in [0.15, 0.2) is 0 Å². The summed E-state index contributed by atoms with van der Waals surface area (Å²) >= 11 is 0. The Morgan fingerprint density at radius 1 is 0.963 bits per heavy atom. The van der Waals surface area contributed by atoms with Crippen molar-refractivity contribution in [2.75, 3.05) is 19.8 Å². The second kappa shape index (κ2) is 12.5. The van der Waals surface area contributed by atoms with E-state index < -0.39 is 0 Å². The van der Waals surface area contributed by atoms with Crippen LogP contribution in [-0.4, -0.2) is 36.7 Å². The van der Waals surface area contributed by atoms with Crippen LogP contribution in [0, 0.1) is 11.3 Å². The van der Waals surface area contributed by atoms with Gasteiger partial charge in [-0.2, -0.15) is 0 Å². The van der Waals surface area contributed by atoms with Gasteiger partial charge in [0.2, 0.25) is 0 Å². The molecular weight excluding hydrogens is 330 g/mol. The third kappa shape index (κ3) is 6.74. The van der Waals surface area contributed by atoms with E-state index in [9.17, 15) is 0 Å². The SMILES string of the molecule is CCCCC(CC(CC)(CC)CCCOCC)N1CCCC2CCCCC21. The Hall–Kier alpha value is -0.0800. The molecule has 1 saturated heterocycles. The second-order valence-electron chi connectivity index (χ2n) is 9.50. The van der Waals surface area contributed by atoms with Crippen LogP contribution in [-0.2, 0) is 4.74 Å². The topological polar surface area (TPSA) is 12.5 Å². The van der Waals surface area contributed by atoms with Crippen LogP contribution in [0.3, 0.4) is 0 Å². The van der Waals surface area contributed by atoms with Gasteiger partial charge in [-0.3, -0.25) is 4.90 Å². The van der Waals surface area contributed by atoms with Crippen LogP contribution in [0.5, 0.6) is 0 Å². The largest absolute Gasteiger partial charge is 0.382 e. The molecule has 0 amide bonds.